The SMILES string of the molecule is O=[N+]([O-])c1cccc(CO/N=C\c2cc(Br)ccc2OCc2cccc(F)c2)c1. The molecular formula is C21H16BrFN2O4. The molecule has 3 aromatic rings. The predicted octanol–water partition coefficient (Wildman–Crippen LogP) is 5.63. The van der Waals surface area contributed by atoms with Gasteiger partial charge in [-0.1, -0.05) is 45.4 Å². The highest BCUT2D eigenvalue weighted by molar-refractivity contribution is 9.10. The summed E-state index contributed by atoms with van der Waals surface area (Å²) in [6, 6.07) is 17.7. The van der Waals surface area contributed by atoms with Crippen molar-refractivity contribution < 1.29 is 18.9 Å². The van der Waals surface area contributed by atoms with E-state index in [-0.39, 0.29) is 24.7 Å². The fraction of sp³-hybridized carbons (Fsp3) is 0.0952. The summed E-state index contributed by atoms with van der Waals surface area (Å²) in [7, 11) is 0. The summed E-state index contributed by atoms with van der Waals surface area (Å²) in [4.78, 5) is 15.6. The van der Waals surface area contributed by atoms with Gasteiger partial charge in [-0.05, 0) is 41.5 Å². The van der Waals surface area contributed by atoms with Crippen LogP contribution in [0.5, 0.6) is 5.75 Å². The van der Waals surface area contributed by atoms with Crippen LogP contribution in [0.25, 0.3) is 0 Å². The molecule has 0 heterocycles. The van der Waals surface area contributed by atoms with Crippen LogP contribution in [0.15, 0.2) is 76.4 Å². The molecule has 0 N–H and O–H groups in total. The first kappa shape index (κ1) is 20.5. The number of rotatable bonds is 8. The highest BCUT2D eigenvalue weighted by atomic mass is 79.9. The number of oxime groups is 1. The highest BCUT2D eigenvalue weighted by Crippen LogP contribution is 2.23. The lowest BCUT2D eigenvalue weighted by Gasteiger charge is -2.10. The molecule has 0 spiro atoms. The molecule has 0 saturated heterocycles. The number of nitrogens with zero attached hydrogens (tertiary/aromatic N) is 2. The first-order valence-corrected chi connectivity index (χ1v) is 9.36. The Kier molecular flexibility index (Phi) is 6.91. The molecule has 29 heavy (non-hydrogen) atoms. The second-order valence-electron chi connectivity index (χ2n) is 6.04. The van der Waals surface area contributed by atoms with Crippen molar-refractivity contribution in [2.75, 3.05) is 0 Å². The van der Waals surface area contributed by atoms with Gasteiger partial charge in [0.15, 0.2) is 0 Å². The molecule has 0 saturated carbocycles. The van der Waals surface area contributed by atoms with E-state index in [1.165, 1.54) is 30.5 Å². The van der Waals surface area contributed by atoms with Crippen molar-refractivity contribution in [2.45, 2.75) is 13.2 Å². The number of hydrogen-bond acceptors (Lipinski definition) is 5. The van der Waals surface area contributed by atoms with Crippen molar-refractivity contribution in [1.29, 1.82) is 0 Å². The van der Waals surface area contributed by atoms with Crippen molar-refractivity contribution in [3.05, 3.63) is 104 Å². The quantitative estimate of drug-likeness (QED) is 0.249. The van der Waals surface area contributed by atoms with E-state index < -0.39 is 4.92 Å². The summed E-state index contributed by atoms with van der Waals surface area (Å²) in [5.74, 6) is 0.235. The molecule has 0 unspecified atom stereocenters. The van der Waals surface area contributed by atoms with E-state index in [4.69, 9.17) is 9.57 Å². The molecule has 0 radical (unpaired) electrons. The van der Waals surface area contributed by atoms with Crippen molar-refractivity contribution >= 4 is 27.8 Å². The zero-order valence-electron chi connectivity index (χ0n) is 15.1. The van der Waals surface area contributed by atoms with Gasteiger partial charge in [-0.3, -0.25) is 10.1 Å². The average molecular weight is 459 g/mol. The van der Waals surface area contributed by atoms with Gasteiger partial charge in [-0.2, -0.15) is 0 Å². The fourth-order valence-electron chi connectivity index (χ4n) is 2.51. The van der Waals surface area contributed by atoms with Crippen LogP contribution in [-0.4, -0.2) is 11.1 Å². The van der Waals surface area contributed by atoms with Gasteiger partial charge in [0.1, 0.15) is 24.8 Å². The lowest BCUT2D eigenvalue weighted by Crippen LogP contribution is -1.99. The van der Waals surface area contributed by atoms with Crippen LogP contribution >= 0.6 is 15.9 Å². The second-order valence-corrected chi connectivity index (χ2v) is 6.95. The Morgan fingerprint density at radius 2 is 1.79 bits per heavy atom. The van der Waals surface area contributed by atoms with Crippen LogP contribution in [0.4, 0.5) is 10.1 Å². The third kappa shape index (κ3) is 6.11. The summed E-state index contributed by atoms with van der Waals surface area (Å²) in [6.45, 7) is 0.292. The van der Waals surface area contributed by atoms with E-state index in [0.717, 1.165) is 4.47 Å². The minimum atomic E-state index is -0.462. The average Bonchev–Trinajstić information content (AvgIpc) is 2.71. The van der Waals surface area contributed by atoms with Gasteiger partial charge in [-0.25, -0.2) is 4.39 Å². The van der Waals surface area contributed by atoms with Crippen LogP contribution in [0.2, 0.25) is 0 Å². The van der Waals surface area contributed by atoms with E-state index in [1.54, 1.807) is 36.4 Å². The van der Waals surface area contributed by atoms with Gasteiger partial charge in [-0.15, -0.1) is 0 Å². The molecule has 3 rings (SSSR count). The van der Waals surface area contributed by atoms with Crippen LogP contribution in [0.1, 0.15) is 16.7 Å². The van der Waals surface area contributed by atoms with Crippen LogP contribution in [-0.2, 0) is 18.1 Å². The molecule has 0 aliphatic heterocycles. The molecule has 8 heteroatoms. The molecule has 0 aliphatic rings. The first-order chi connectivity index (χ1) is 14.0. The molecule has 6 nitrogen and oxygen atoms in total. The second kappa shape index (κ2) is 9.79. The van der Waals surface area contributed by atoms with Crippen molar-refractivity contribution in [3.63, 3.8) is 0 Å². The molecule has 0 aliphatic carbocycles. The Balaban J connectivity index is 1.64. The summed E-state index contributed by atoms with van der Waals surface area (Å²) >= 11 is 3.40. The first-order valence-electron chi connectivity index (χ1n) is 8.57. The van der Waals surface area contributed by atoms with Crippen molar-refractivity contribution in [1.82, 2.24) is 0 Å². The zero-order valence-corrected chi connectivity index (χ0v) is 16.7. The minimum absolute atomic E-state index is 0.00453. The summed E-state index contributed by atoms with van der Waals surface area (Å²) < 4.78 is 19.9. The largest absolute Gasteiger partial charge is 0.488 e. The predicted molar refractivity (Wildman–Crippen MR) is 110 cm³/mol. The Morgan fingerprint density at radius 1 is 1.03 bits per heavy atom. The van der Waals surface area contributed by atoms with Gasteiger partial charge in [0.25, 0.3) is 5.69 Å². The van der Waals surface area contributed by atoms with E-state index in [2.05, 4.69) is 21.1 Å². The normalized spacial score (nSPS) is 10.8. The molecule has 0 bridgehead atoms. The fourth-order valence-corrected chi connectivity index (χ4v) is 2.88. The zero-order chi connectivity index (χ0) is 20.6. The van der Waals surface area contributed by atoms with E-state index in [1.807, 2.05) is 6.07 Å². The summed E-state index contributed by atoms with van der Waals surface area (Å²) in [5, 5.41) is 14.7. The molecule has 148 valence electrons. The van der Waals surface area contributed by atoms with E-state index in [9.17, 15) is 14.5 Å². The van der Waals surface area contributed by atoms with Gasteiger partial charge in [0, 0.05) is 22.2 Å². The molecule has 0 amide bonds. The minimum Gasteiger partial charge on any atom is -0.488 e. The maximum atomic E-state index is 13.3. The maximum absolute atomic E-state index is 13.3. The van der Waals surface area contributed by atoms with Gasteiger partial charge < -0.3 is 9.57 Å². The number of nitro groups is 1. The standard InChI is InChI=1S/C21H16BrFN2O4/c22-18-7-8-21(28-13-15-3-1-5-19(23)9-15)17(11-18)12-24-29-14-16-4-2-6-20(10-16)25(26)27/h1-12H,13-14H2/b24-12-. The number of nitro benzene ring substituents is 1. The van der Waals surface area contributed by atoms with Crippen molar-refractivity contribution in [2.24, 2.45) is 5.16 Å². The Bertz CT molecular complexity index is 1040. The van der Waals surface area contributed by atoms with Crippen LogP contribution in [0, 0.1) is 15.9 Å². The van der Waals surface area contributed by atoms with E-state index in [0.29, 0.717) is 22.4 Å². The smallest absolute Gasteiger partial charge is 0.269 e. The van der Waals surface area contributed by atoms with Crippen LogP contribution in [0.3, 0.4) is 0 Å². The molecule has 0 atom stereocenters. The van der Waals surface area contributed by atoms with Crippen LogP contribution < -0.4 is 4.74 Å². The van der Waals surface area contributed by atoms with Gasteiger partial charge in [0.05, 0.1) is 11.1 Å². The Hall–Kier alpha value is -3.26. The topological polar surface area (TPSA) is 74.0 Å². The highest BCUT2D eigenvalue weighted by Gasteiger charge is 2.06. The molecule has 0 fully saturated rings. The lowest BCUT2D eigenvalue weighted by molar-refractivity contribution is -0.384. The molecule has 3 aromatic carbocycles. The number of hydrogen-bond donors (Lipinski definition) is 0. The number of non-ortho nitro benzene ring substituents is 1. The van der Waals surface area contributed by atoms with E-state index >= 15 is 0 Å². The Labute approximate surface area is 174 Å². The summed E-state index contributed by atoms with van der Waals surface area (Å²) in [5.41, 5.74) is 2.00. The van der Waals surface area contributed by atoms with Gasteiger partial charge in [0.2, 0.25) is 0 Å². The van der Waals surface area contributed by atoms with Crippen molar-refractivity contribution in [3.8, 4) is 5.75 Å². The monoisotopic (exact) mass is 458 g/mol. The number of halogens is 2. The number of ether oxygens (including phenoxy) is 1. The number of benzene rings is 3. The summed E-state index contributed by atoms with van der Waals surface area (Å²) in [6.07, 6.45) is 1.49. The lowest BCUT2D eigenvalue weighted by atomic mass is 10.2. The third-order valence-corrected chi connectivity index (χ3v) is 4.37. The maximum Gasteiger partial charge on any atom is 0.269 e. The molecule has 0 aromatic heterocycles. The van der Waals surface area contributed by atoms with Gasteiger partial charge >= 0.3 is 0 Å². The third-order valence-electron chi connectivity index (χ3n) is 3.87. The Morgan fingerprint density at radius 3 is 2.55 bits per heavy atom. The molecular weight excluding hydrogens is 443 g/mol.